The fourth-order valence-corrected chi connectivity index (χ4v) is 3.05. The molecular formula is C13H27NOS. The van der Waals surface area contributed by atoms with Crippen LogP contribution in [0.4, 0.5) is 0 Å². The summed E-state index contributed by atoms with van der Waals surface area (Å²) >= 11 is 2.02. The number of thioether (sulfide) groups is 1. The molecule has 1 fully saturated rings. The summed E-state index contributed by atoms with van der Waals surface area (Å²) in [6, 6.07) is 0. The minimum atomic E-state index is 0.000884. The Morgan fingerprint density at radius 1 is 1.25 bits per heavy atom. The van der Waals surface area contributed by atoms with E-state index in [1.165, 1.54) is 43.6 Å². The molecule has 1 aliphatic rings. The topological polar surface area (TPSA) is 32.3 Å². The van der Waals surface area contributed by atoms with Crippen LogP contribution in [0, 0.1) is 5.92 Å². The third kappa shape index (κ3) is 6.12. The molecule has 0 bridgehead atoms. The van der Waals surface area contributed by atoms with Crippen LogP contribution >= 0.6 is 11.8 Å². The molecule has 0 aromatic carbocycles. The molecule has 1 aliphatic carbocycles. The van der Waals surface area contributed by atoms with Crippen molar-refractivity contribution in [3.05, 3.63) is 0 Å². The van der Waals surface area contributed by atoms with Crippen LogP contribution in [0.2, 0.25) is 0 Å². The minimum Gasteiger partial charge on any atom is -0.393 e. The molecule has 0 aromatic heterocycles. The predicted octanol–water partition coefficient (Wildman–Crippen LogP) is 2.66. The van der Waals surface area contributed by atoms with Crippen LogP contribution in [0.25, 0.3) is 0 Å². The van der Waals surface area contributed by atoms with Crippen molar-refractivity contribution in [2.24, 2.45) is 5.92 Å². The van der Waals surface area contributed by atoms with Crippen molar-refractivity contribution in [3.63, 3.8) is 0 Å². The molecule has 3 heteroatoms. The highest BCUT2D eigenvalue weighted by molar-refractivity contribution is 7.99. The van der Waals surface area contributed by atoms with E-state index < -0.39 is 0 Å². The van der Waals surface area contributed by atoms with Crippen LogP contribution in [0.3, 0.4) is 0 Å². The van der Waals surface area contributed by atoms with E-state index in [1.54, 1.807) is 0 Å². The Morgan fingerprint density at radius 2 is 2.06 bits per heavy atom. The van der Waals surface area contributed by atoms with E-state index in [2.05, 4.69) is 12.2 Å². The van der Waals surface area contributed by atoms with Gasteiger partial charge in [0.25, 0.3) is 0 Å². The predicted molar refractivity (Wildman–Crippen MR) is 73.1 cm³/mol. The molecule has 1 rings (SSSR count). The minimum absolute atomic E-state index is 0.000884. The molecule has 0 spiro atoms. The number of hydrogen-bond acceptors (Lipinski definition) is 3. The molecular weight excluding hydrogens is 218 g/mol. The van der Waals surface area contributed by atoms with E-state index in [0.29, 0.717) is 5.92 Å². The summed E-state index contributed by atoms with van der Waals surface area (Å²) in [7, 11) is 0. The molecule has 16 heavy (non-hydrogen) atoms. The van der Waals surface area contributed by atoms with Crippen LogP contribution in [0.5, 0.6) is 0 Å². The number of nitrogens with one attached hydrogen (secondary N) is 1. The third-order valence-electron chi connectivity index (χ3n) is 3.39. The number of aliphatic hydroxyl groups is 1. The van der Waals surface area contributed by atoms with Gasteiger partial charge in [0.15, 0.2) is 0 Å². The largest absolute Gasteiger partial charge is 0.393 e. The zero-order valence-corrected chi connectivity index (χ0v) is 11.4. The van der Waals surface area contributed by atoms with E-state index >= 15 is 0 Å². The molecule has 2 atom stereocenters. The summed E-state index contributed by atoms with van der Waals surface area (Å²) in [6.07, 6.45) is 7.22. The number of rotatable bonds is 9. The average Bonchev–Trinajstić information content (AvgIpc) is 2.68. The van der Waals surface area contributed by atoms with Crippen LogP contribution in [0.15, 0.2) is 0 Å². The Balaban J connectivity index is 1.81. The highest BCUT2D eigenvalue weighted by atomic mass is 32.2. The molecule has 2 nitrogen and oxygen atoms in total. The first-order valence-electron chi connectivity index (χ1n) is 6.81. The van der Waals surface area contributed by atoms with Crippen molar-refractivity contribution >= 4 is 11.8 Å². The molecule has 2 N–H and O–H groups in total. The first kappa shape index (κ1) is 14.3. The van der Waals surface area contributed by atoms with Crippen molar-refractivity contribution in [1.82, 2.24) is 5.32 Å². The highest BCUT2D eigenvalue weighted by Crippen LogP contribution is 2.28. The van der Waals surface area contributed by atoms with Crippen molar-refractivity contribution in [3.8, 4) is 0 Å². The Labute approximate surface area is 105 Å². The van der Waals surface area contributed by atoms with Gasteiger partial charge in [-0.25, -0.2) is 0 Å². The van der Waals surface area contributed by atoms with Crippen molar-refractivity contribution in [2.75, 3.05) is 24.6 Å². The van der Waals surface area contributed by atoms with Gasteiger partial charge >= 0.3 is 0 Å². The van der Waals surface area contributed by atoms with Crippen molar-refractivity contribution in [2.45, 2.75) is 51.6 Å². The lowest BCUT2D eigenvalue weighted by atomic mass is 10.00. The van der Waals surface area contributed by atoms with Crippen LogP contribution in [0.1, 0.15) is 45.4 Å². The van der Waals surface area contributed by atoms with Crippen molar-refractivity contribution < 1.29 is 5.11 Å². The monoisotopic (exact) mass is 245 g/mol. The fourth-order valence-electron chi connectivity index (χ4n) is 2.41. The van der Waals surface area contributed by atoms with Crippen LogP contribution < -0.4 is 5.32 Å². The average molecular weight is 245 g/mol. The van der Waals surface area contributed by atoms with Gasteiger partial charge in [0.05, 0.1) is 6.10 Å². The van der Waals surface area contributed by atoms with E-state index in [-0.39, 0.29) is 6.10 Å². The summed E-state index contributed by atoms with van der Waals surface area (Å²) < 4.78 is 0. The second kappa shape index (κ2) is 9.32. The van der Waals surface area contributed by atoms with E-state index in [9.17, 15) is 5.11 Å². The van der Waals surface area contributed by atoms with E-state index in [0.717, 1.165) is 19.5 Å². The number of aliphatic hydroxyl groups excluding tert-OH is 1. The zero-order chi connectivity index (χ0) is 11.6. The smallest absolute Gasteiger partial charge is 0.0568 e. The Morgan fingerprint density at radius 3 is 2.75 bits per heavy atom. The second-order valence-corrected chi connectivity index (χ2v) is 6.09. The van der Waals surface area contributed by atoms with Gasteiger partial charge in [0.2, 0.25) is 0 Å². The Kier molecular flexibility index (Phi) is 8.34. The molecule has 0 heterocycles. The van der Waals surface area contributed by atoms with Gasteiger partial charge in [-0.3, -0.25) is 0 Å². The highest BCUT2D eigenvalue weighted by Gasteiger charge is 2.24. The van der Waals surface area contributed by atoms with Crippen LogP contribution in [-0.4, -0.2) is 35.8 Å². The summed E-state index contributed by atoms with van der Waals surface area (Å²) in [5.74, 6) is 3.11. The normalized spacial score (nSPS) is 25.1. The Hall–Kier alpha value is 0.270. The maximum absolute atomic E-state index is 9.67. The van der Waals surface area contributed by atoms with E-state index in [1.807, 2.05) is 11.8 Å². The molecule has 2 unspecified atom stereocenters. The maximum atomic E-state index is 9.67. The maximum Gasteiger partial charge on any atom is 0.0568 e. The Bertz CT molecular complexity index is 166. The molecule has 0 saturated heterocycles. The third-order valence-corrected chi connectivity index (χ3v) is 4.38. The molecule has 0 aromatic rings. The molecule has 0 radical (unpaired) electrons. The van der Waals surface area contributed by atoms with Gasteiger partial charge < -0.3 is 10.4 Å². The second-order valence-electron chi connectivity index (χ2n) is 4.70. The molecule has 0 amide bonds. The van der Waals surface area contributed by atoms with Gasteiger partial charge in [-0.2, -0.15) is 11.8 Å². The molecule has 96 valence electrons. The van der Waals surface area contributed by atoms with Gasteiger partial charge in [-0.1, -0.05) is 13.3 Å². The SMILES string of the molecule is CCSCCCNCCCC1CCCC1O. The zero-order valence-electron chi connectivity index (χ0n) is 10.6. The standard InChI is InChI=1S/C13H27NOS/c1-2-16-11-5-10-14-9-4-7-12-6-3-8-13(12)15/h12-15H,2-11H2,1H3. The fraction of sp³-hybridized carbons (Fsp3) is 1.00. The van der Waals surface area contributed by atoms with Crippen LogP contribution in [-0.2, 0) is 0 Å². The van der Waals surface area contributed by atoms with Gasteiger partial charge in [-0.05, 0) is 62.6 Å². The molecule has 0 aliphatic heterocycles. The summed E-state index contributed by atoms with van der Waals surface area (Å²) in [5.41, 5.74) is 0. The quantitative estimate of drug-likeness (QED) is 0.613. The lowest BCUT2D eigenvalue weighted by Gasteiger charge is -2.13. The lowest BCUT2D eigenvalue weighted by molar-refractivity contribution is 0.127. The summed E-state index contributed by atoms with van der Waals surface area (Å²) in [5, 5.41) is 13.2. The van der Waals surface area contributed by atoms with Gasteiger partial charge in [0, 0.05) is 0 Å². The van der Waals surface area contributed by atoms with Gasteiger partial charge in [-0.15, -0.1) is 0 Å². The first-order chi connectivity index (χ1) is 7.84. The summed E-state index contributed by atoms with van der Waals surface area (Å²) in [6.45, 7) is 4.49. The lowest BCUT2D eigenvalue weighted by Crippen LogP contribution is -2.20. The van der Waals surface area contributed by atoms with E-state index in [4.69, 9.17) is 0 Å². The summed E-state index contributed by atoms with van der Waals surface area (Å²) in [4.78, 5) is 0. The first-order valence-corrected chi connectivity index (χ1v) is 7.96. The molecule has 1 saturated carbocycles. The van der Waals surface area contributed by atoms with Gasteiger partial charge in [0.1, 0.15) is 0 Å². The number of hydrogen-bond donors (Lipinski definition) is 2. The van der Waals surface area contributed by atoms with Crippen molar-refractivity contribution in [1.29, 1.82) is 0 Å².